The molecule has 74 valence electrons. The average molecular weight is 206 g/mol. The van der Waals surface area contributed by atoms with Gasteiger partial charge in [0.25, 0.3) is 0 Å². The molecule has 0 aliphatic carbocycles. The smallest absolute Gasteiger partial charge is 0.0651 e. The fourth-order valence-corrected chi connectivity index (χ4v) is 3.16. The van der Waals surface area contributed by atoms with E-state index in [-0.39, 0.29) is 12.0 Å². The number of hydrogen-bond donors (Lipinski definition) is 1. The lowest BCUT2D eigenvalue weighted by atomic mass is 9.94. The third kappa shape index (κ3) is 1.72. The lowest BCUT2D eigenvalue weighted by Gasteiger charge is -2.16. The van der Waals surface area contributed by atoms with Crippen molar-refractivity contribution in [3.8, 4) is 0 Å². The van der Waals surface area contributed by atoms with E-state index in [1.54, 1.807) is 6.08 Å². The quantitative estimate of drug-likeness (QED) is 0.767. The average Bonchev–Trinajstić information content (AvgIpc) is 2.61. The van der Waals surface area contributed by atoms with Crippen molar-refractivity contribution in [2.24, 2.45) is 0 Å². The minimum Gasteiger partial charge on any atom is -0.392 e. The topological polar surface area (TPSA) is 20.2 Å². The molecule has 1 aromatic carbocycles. The molecule has 2 unspecified atom stereocenters. The van der Waals surface area contributed by atoms with Crippen LogP contribution in [0, 0.1) is 0 Å². The molecule has 0 fully saturated rings. The number of benzene rings is 1. The largest absolute Gasteiger partial charge is 0.392 e. The molecule has 14 heavy (non-hydrogen) atoms. The summed E-state index contributed by atoms with van der Waals surface area (Å²) in [5, 5.41) is 9.91. The molecule has 1 aliphatic rings. The number of rotatable bonds is 3. The van der Waals surface area contributed by atoms with Gasteiger partial charge in [0.15, 0.2) is 0 Å². The van der Waals surface area contributed by atoms with Crippen molar-refractivity contribution < 1.29 is 5.11 Å². The second kappa shape index (κ2) is 4.20. The van der Waals surface area contributed by atoms with Gasteiger partial charge in [0.05, 0.1) is 6.10 Å². The van der Waals surface area contributed by atoms with Gasteiger partial charge in [-0.15, -0.1) is 18.3 Å². The Hall–Kier alpha value is -0.730. The van der Waals surface area contributed by atoms with E-state index in [1.807, 2.05) is 23.9 Å². The highest BCUT2D eigenvalue weighted by molar-refractivity contribution is 7.99. The van der Waals surface area contributed by atoms with Crippen LogP contribution < -0.4 is 0 Å². The van der Waals surface area contributed by atoms with Crippen LogP contribution in [0.5, 0.6) is 0 Å². The Morgan fingerprint density at radius 1 is 1.57 bits per heavy atom. The molecule has 0 amide bonds. The summed E-state index contributed by atoms with van der Waals surface area (Å²) in [6.07, 6.45) is 2.19. The van der Waals surface area contributed by atoms with Gasteiger partial charge in [0, 0.05) is 16.6 Å². The van der Waals surface area contributed by atoms with E-state index in [0.29, 0.717) is 6.42 Å². The van der Waals surface area contributed by atoms with Crippen molar-refractivity contribution in [1.82, 2.24) is 0 Å². The van der Waals surface area contributed by atoms with E-state index in [0.717, 1.165) is 5.75 Å². The van der Waals surface area contributed by atoms with Crippen LogP contribution in [-0.2, 0) is 0 Å². The van der Waals surface area contributed by atoms with Crippen molar-refractivity contribution in [3.05, 3.63) is 42.5 Å². The van der Waals surface area contributed by atoms with Crippen molar-refractivity contribution in [2.45, 2.75) is 23.3 Å². The molecule has 0 radical (unpaired) electrons. The molecule has 1 aliphatic heterocycles. The maximum absolute atomic E-state index is 9.91. The summed E-state index contributed by atoms with van der Waals surface area (Å²) >= 11 is 1.84. The lowest BCUT2D eigenvalue weighted by Crippen LogP contribution is -2.17. The zero-order valence-electron chi connectivity index (χ0n) is 8.02. The van der Waals surface area contributed by atoms with Crippen molar-refractivity contribution in [2.75, 3.05) is 5.75 Å². The van der Waals surface area contributed by atoms with Crippen LogP contribution in [0.25, 0.3) is 0 Å². The Kier molecular flexibility index (Phi) is 2.94. The first kappa shape index (κ1) is 9.81. The summed E-state index contributed by atoms with van der Waals surface area (Å²) in [5.74, 6) is 1.28. The molecule has 2 atom stereocenters. The van der Waals surface area contributed by atoms with Gasteiger partial charge in [-0.2, -0.15) is 0 Å². The Morgan fingerprint density at radius 2 is 2.36 bits per heavy atom. The van der Waals surface area contributed by atoms with Gasteiger partial charge < -0.3 is 5.11 Å². The fraction of sp³-hybridized carbons (Fsp3) is 0.333. The highest BCUT2D eigenvalue weighted by Crippen LogP contribution is 2.41. The summed E-state index contributed by atoms with van der Waals surface area (Å²) in [4.78, 5) is 1.32. The fourth-order valence-electron chi connectivity index (χ4n) is 1.84. The first-order valence-electron chi connectivity index (χ1n) is 4.83. The van der Waals surface area contributed by atoms with Gasteiger partial charge >= 0.3 is 0 Å². The van der Waals surface area contributed by atoms with Gasteiger partial charge in [-0.1, -0.05) is 24.3 Å². The normalized spacial score (nSPS) is 21.6. The number of fused-ring (bicyclic) bond motifs is 1. The Morgan fingerprint density at radius 3 is 3.14 bits per heavy atom. The van der Waals surface area contributed by atoms with E-state index >= 15 is 0 Å². The minimum atomic E-state index is -0.274. The molecule has 0 saturated carbocycles. The van der Waals surface area contributed by atoms with Crippen molar-refractivity contribution in [1.29, 1.82) is 0 Å². The highest BCUT2D eigenvalue weighted by atomic mass is 32.2. The predicted octanol–water partition coefficient (Wildman–Crippen LogP) is 2.81. The number of aliphatic hydroxyl groups excluding tert-OH is 1. The van der Waals surface area contributed by atoms with Crippen LogP contribution in [0.3, 0.4) is 0 Å². The number of aliphatic hydroxyl groups is 1. The van der Waals surface area contributed by atoms with Crippen LogP contribution in [0.4, 0.5) is 0 Å². The highest BCUT2D eigenvalue weighted by Gasteiger charge is 2.27. The molecule has 1 aromatic rings. The maximum Gasteiger partial charge on any atom is 0.0651 e. The molecule has 1 heterocycles. The number of thioether (sulfide) groups is 1. The lowest BCUT2D eigenvalue weighted by molar-refractivity contribution is 0.154. The van der Waals surface area contributed by atoms with Crippen LogP contribution in [-0.4, -0.2) is 17.0 Å². The molecule has 0 spiro atoms. The summed E-state index contributed by atoms with van der Waals surface area (Å²) in [6, 6.07) is 8.33. The standard InChI is InChI=1S/C12H14OS/c1-2-5-11(13)10-8-14-12-7-4-3-6-9(10)12/h2-4,6-7,10-11,13H,1,5,8H2. The maximum atomic E-state index is 9.91. The van der Waals surface area contributed by atoms with E-state index in [9.17, 15) is 5.11 Å². The zero-order valence-corrected chi connectivity index (χ0v) is 8.83. The van der Waals surface area contributed by atoms with Gasteiger partial charge in [0.2, 0.25) is 0 Å². The van der Waals surface area contributed by atoms with Crippen molar-refractivity contribution in [3.63, 3.8) is 0 Å². The molecule has 2 rings (SSSR count). The predicted molar refractivity (Wildman–Crippen MR) is 60.7 cm³/mol. The van der Waals surface area contributed by atoms with Crippen LogP contribution in [0.1, 0.15) is 17.9 Å². The molecule has 1 N–H and O–H groups in total. The Labute approximate surface area is 88.8 Å². The van der Waals surface area contributed by atoms with E-state index in [1.165, 1.54) is 10.5 Å². The Balaban J connectivity index is 2.21. The minimum absolute atomic E-state index is 0.274. The summed E-state index contributed by atoms with van der Waals surface area (Å²) in [7, 11) is 0. The van der Waals surface area contributed by atoms with Gasteiger partial charge in [-0.3, -0.25) is 0 Å². The van der Waals surface area contributed by atoms with Gasteiger partial charge in [-0.25, -0.2) is 0 Å². The van der Waals surface area contributed by atoms with Crippen LogP contribution >= 0.6 is 11.8 Å². The monoisotopic (exact) mass is 206 g/mol. The zero-order chi connectivity index (χ0) is 9.97. The molecule has 0 aromatic heterocycles. The molecule has 0 saturated heterocycles. The molecule has 0 bridgehead atoms. The van der Waals surface area contributed by atoms with Crippen molar-refractivity contribution >= 4 is 11.8 Å². The summed E-state index contributed by atoms with van der Waals surface area (Å²) < 4.78 is 0. The summed E-state index contributed by atoms with van der Waals surface area (Å²) in [5.41, 5.74) is 1.30. The second-order valence-corrected chi connectivity index (χ2v) is 4.61. The first-order valence-corrected chi connectivity index (χ1v) is 5.82. The molecule has 1 nitrogen and oxygen atoms in total. The molecular weight excluding hydrogens is 192 g/mol. The second-order valence-electron chi connectivity index (χ2n) is 3.55. The van der Waals surface area contributed by atoms with E-state index in [2.05, 4.69) is 18.7 Å². The molecule has 2 heteroatoms. The summed E-state index contributed by atoms with van der Waals surface area (Å²) in [6.45, 7) is 3.66. The number of hydrogen-bond acceptors (Lipinski definition) is 2. The van der Waals surface area contributed by atoms with Crippen LogP contribution in [0.15, 0.2) is 41.8 Å². The van der Waals surface area contributed by atoms with E-state index < -0.39 is 0 Å². The van der Waals surface area contributed by atoms with Gasteiger partial charge in [-0.05, 0) is 18.1 Å². The van der Waals surface area contributed by atoms with Gasteiger partial charge in [0.1, 0.15) is 0 Å². The molecular formula is C12H14OS. The third-order valence-corrected chi connectivity index (χ3v) is 3.82. The van der Waals surface area contributed by atoms with E-state index in [4.69, 9.17) is 0 Å². The first-order chi connectivity index (χ1) is 6.83. The third-order valence-electron chi connectivity index (χ3n) is 2.61. The SMILES string of the molecule is C=CCC(O)C1CSc2ccccc21. The Bertz CT molecular complexity index is 335. The van der Waals surface area contributed by atoms with Crippen LogP contribution in [0.2, 0.25) is 0 Å².